The maximum atomic E-state index is 13.7. The number of hydrogen-bond donors (Lipinski definition) is 1. The summed E-state index contributed by atoms with van der Waals surface area (Å²) in [7, 11) is 0. The van der Waals surface area contributed by atoms with Gasteiger partial charge in [0.25, 0.3) is 5.91 Å². The lowest BCUT2D eigenvalue weighted by Gasteiger charge is -2.22. The second-order valence-electron chi connectivity index (χ2n) is 8.85. The van der Waals surface area contributed by atoms with E-state index in [1.165, 1.54) is 28.4 Å². The van der Waals surface area contributed by atoms with Gasteiger partial charge in [0.2, 0.25) is 10.9 Å². The number of aryl methyl sites for hydroxylation is 2. The predicted octanol–water partition coefficient (Wildman–Crippen LogP) is 4.92. The number of phenolic OH excluding ortho intramolecular Hbond substituents is 1. The molecule has 1 atom stereocenters. The Morgan fingerprint density at radius 3 is 2.48 bits per heavy atom. The molecule has 33 heavy (non-hydrogen) atoms. The van der Waals surface area contributed by atoms with E-state index in [-0.39, 0.29) is 22.5 Å². The highest BCUT2D eigenvalue weighted by Crippen LogP contribution is 2.42. The largest absolute Gasteiger partial charge is 0.508 e. The Morgan fingerprint density at radius 1 is 1.09 bits per heavy atom. The number of aromatic hydroxyl groups is 1. The van der Waals surface area contributed by atoms with Crippen molar-refractivity contribution in [3.63, 3.8) is 0 Å². The molecule has 2 aromatic carbocycles. The van der Waals surface area contributed by atoms with Crippen LogP contribution in [0, 0.1) is 19.8 Å². The lowest BCUT2D eigenvalue weighted by molar-refractivity contribution is 0.0970. The zero-order valence-electron chi connectivity index (χ0n) is 18.7. The molecule has 0 radical (unpaired) electrons. The van der Waals surface area contributed by atoms with Gasteiger partial charge in [-0.25, -0.2) is 0 Å². The zero-order valence-corrected chi connectivity index (χ0v) is 19.6. The van der Waals surface area contributed by atoms with Crippen molar-refractivity contribution in [2.45, 2.75) is 40.2 Å². The van der Waals surface area contributed by atoms with Gasteiger partial charge in [-0.1, -0.05) is 37.3 Å². The van der Waals surface area contributed by atoms with E-state index in [0.29, 0.717) is 27.6 Å². The van der Waals surface area contributed by atoms with E-state index in [9.17, 15) is 14.7 Å². The van der Waals surface area contributed by atoms with Gasteiger partial charge in [0.15, 0.2) is 5.43 Å². The highest BCUT2D eigenvalue weighted by Gasteiger charge is 2.45. The average Bonchev–Trinajstić information content (AvgIpc) is 3.32. The lowest BCUT2D eigenvalue weighted by atomic mass is 9.97. The number of anilines is 1. The Hall–Kier alpha value is -3.52. The lowest BCUT2D eigenvalue weighted by Crippen LogP contribution is -2.29. The third-order valence-corrected chi connectivity index (χ3v) is 6.89. The molecular weight excluding hydrogens is 438 g/mol. The summed E-state index contributed by atoms with van der Waals surface area (Å²) in [5, 5.41) is 20.0. The van der Waals surface area contributed by atoms with Crippen molar-refractivity contribution in [2.75, 3.05) is 4.90 Å². The van der Waals surface area contributed by atoms with Crippen LogP contribution in [0.25, 0.3) is 11.0 Å². The van der Waals surface area contributed by atoms with Crippen molar-refractivity contribution in [1.29, 1.82) is 0 Å². The molecule has 0 fully saturated rings. The van der Waals surface area contributed by atoms with Crippen molar-refractivity contribution in [3.8, 4) is 5.75 Å². The standard InChI is InChI=1S/C25H23N3O4S/c1-12(2)9-19-26-27-25(33-19)28-21(15-5-7-16(29)8-6-15)20-22(30)17-10-13(3)14(4)11-18(17)32-23(20)24(28)31/h5-8,10-12,21,29H,9H2,1-4H3. The summed E-state index contributed by atoms with van der Waals surface area (Å²) in [6, 6.07) is 9.36. The van der Waals surface area contributed by atoms with Gasteiger partial charge in [-0.15, -0.1) is 10.2 Å². The van der Waals surface area contributed by atoms with Crippen LogP contribution in [0.5, 0.6) is 5.75 Å². The molecule has 4 aromatic rings. The van der Waals surface area contributed by atoms with Crippen molar-refractivity contribution in [3.05, 3.63) is 79.6 Å². The number of amides is 1. The Kier molecular flexibility index (Phi) is 5.05. The van der Waals surface area contributed by atoms with E-state index in [0.717, 1.165) is 22.6 Å². The molecule has 0 saturated carbocycles. The molecule has 0 aliphatic carbocycles. The normalized spacial score (nSPS) is 15.6. The fourth-order valence-corrected chi connectivity index (χ4v) is 5.25. The van der Waals surface area contributed by atoms with E-state index in [2.05, 4.69) is 24.0 Å². The molecule has 0 saturated heterocycles. The molecule has 8 heteroatoms. The summed E-state index contributed by atoms with van der Waals surface area (Å²) in [6.07, 6.45) is 0.746. The fourth-order valence-electron chi connectivity index (χ4n) is 4.17. The summed E-state index contributed by atoms with van der Waals surface area (Å²) in [6.45, 7) is 8.06. The van der Waals surface area contributed by atoms with Gasteiger partial charge in [-0.05, 0) is 60.7 Å². The smallest absolute Gasteiger partial charge is 0.297 e. The molecule has 0 bridgehead atoms. The molecule has 5 rings (SSSR count). The van der Waals surface area contributed by atoms with Crippen LogP contribution in [0.1, 0.15) is 57.7 Å². The van der Waals surface area contributed by atoms with Gasteiger partial charge in [0.1, 0.15) is 16.3 Å². The van der Waals surface area contributed by atoms with Crippen LogP contribution < -0.4 is 10.3 Å². The van der Waals surface area contributed by atoms with E-state index >= 15 is 0 Å². The number of rotatable bonds is 4. The van der Waals surface area contributed by atoms with Crippen LogP contribution in [-0.2, 0) is 6.42 Å². The summed E-state index contributed by atoms with van der Waals surface area (Å²) in [4.78, 5) is 28.8. The predicted molar refractivity (Wildman–Crippen MR) is 127 cm³/mol. The Bertz CT molecular complexity index is 1450. The number of nitrogens with zero attached hydrogens (tertiary/aromatic N) is 3. The first-order chi connectivity index (χ1) is 15.7. The highest BCUT2D eigenvalue weighted by atomic mass is 32.1. The molecule has 0 spiro atoms. The number of hydrogen-bond acceptors (Lipinski definition) is 7. The van der Waals surface area contributed by atoms with Crippen LogP contribution >= 0.6 is 11.3 Å². The average molecular weight is 462 g/mol. The van der Waals surface area contributed by atoms with Crippen molar-refractivity contribution < 1.29 is 14.3 Å². The molecule has 168 valence electrons. The Labute approximate surface area is 194 Å². The molecular formula is C25H23N3O4S. The monoisotopic (exact) mass is 461 g/mol. The highest BCUT2D eigenvalue weighted by molar-refractivity contribution is 7.15. The molecule has 3 heterocycles. The van der Waals surface area contributed by atoms with E-state index in [1.54, 1.807) is 18.2 Å². The minimum atomic E-state index is -0.727. The first kappa shape index (κ1) is 21.3. The summed E-state index contributed by atoms with van der Waals surface area (Å²) in [5.74, 6) is 0.0915. The van der Waals surface area contributed by atoms with E-state index in [4.69, 9.17) is 4.42 Å². The van der Waals surface area contributed by atoms with E-state index < -0.39 is 11.9 Å². The second kappa shape index (κ2) is 7.81. The Balaban J connectivity index is 1.75. The van der Waals surface area contributed by atoms with Crippen LogP contribution in [0.3, 0.4) is 0 Å². The quantitative estimate of drug-likeness (QED) is 0.464. The van der Waals surface area contributed by atoms with Crippen molar-refractivity contribution >= 4 is 33.3 Å². The summed E-state index contributed by atoms with van der Waals surface area (Å²) >= 11 is 1.34. The maximum Gasteiger partial charge on any atom is 0.297 e. The fraction of sp³-hybridized carbons (Fsp3) is 0.280. The topological polar surface area (TPSA) is 96.5 Å². The first-order valence-electron chi connectivity index (χ1n) is 10.8. The molecule has 7 nitrogen and oxygen atoms in total. The minimum absolute atomic E-state index is 0.0226. The van der Waals surface area contributed by atoms with Crippen LogP contribution in [0.15, 0.2) is 45.6 Å². The number of benzene rings is 2. The number of aromatic nitrogens is 2. The summed E-state index contributed by atoms with van der Waals surface area (Å²) in [5.41, 5.74) is 3.05. The number of phenols is 1. The van der Waals surface area contributed by atoms with Crippen LogP contribution in [0.4, 0.5) is 5.13 Å². The third-order valence-electron chi connectivity index (χ3n) is 5.94. The van der Waals surface area contributed by atoms with E-state index in [1.807, 2.05) is 19.9 Å². The zero-order chi connectivity index (χ0) is 23.4. The van der Waals surface area contributed by atoms with Gasteiger partial charge in [0.05, 0.1) is 17.0 Å². The number of carbonyl (C=O) groups excluding carboxylic acids is 1. The molecule has 2 aromatic heterocycles. The van der Waals surface area contributed by atoms with Gasteiger partial charge in [-0.2, -0.15) is 0 Å². The number of fused-ring (bicyclic) bond motifs is 2. The Morgan fingerprint density at radius 2 is 1.79 bits per heavy atom. The van der Waals surface area contributed by atoms with Crippen molar-refractivity contribution in [1.82, 2.24) is 10.2 Å². The first-order valence-corrected chi connectivity index (χ1v) is 11.6. The minimum Gasteiger partial charge on any atom is -0.508 e. The van der Waals surface area contributed by atoms with Gasteiger partial charge in [0, 0.05) is 6.42 Å². The second-order valence-corrected chi connectivity index (χ2v) is 9.89. The van der Waals surface area contributed by atoms with Crippen molar-refractivity contribution in [2.24, 2.45) is 5.92 Å². The SMILES string of the molecule is Cc1cc2oc3c(c(=O)c2cc1C)C(c1ccc(O)cc1)N(c1nnc(CC(C)C)s1)C3=O. The molecule has 1 amide bonds. The summed E-state index contributed by atoms with van der Waals surface area (Å²) < 4.78 is 6.05. The molecule has 1 aliphatic heterocycles. The maximum absolute atomic E-state index is 13.7. The van der Waals surface area contributed by atoms with Crippen LogP contribution in [-0.4, -0.2) is 21.2 Å². The molecule has 1 aliphatic rings. The molecule has 1 N–H and O–H groups in total. The van der Waals surface area contributed by atoms with Gasteiger partial charge < -0.3 is 9.52 Å². The third kappa shape index (κ3) is 3.51. The molecule has 1 unspecified atom stereocenters. The van der Waals surface area contributed by atoms with Gasteiger partial charge in [-0.3, -0.25) is 14.5 Å². The number of carbonyl (C=O) groups is 1. The van der Waals surface area contributed by atoms with Crippen LogP contribution in [0.2, 0.25) is 0 Å². The van der Waals surface area contributed by atoms with Gasteiger partial charge >= 0.3 is 0 Å².